The number of rotatable bonds is 6. The Hall–Kier alpha value is -3.18. The zero-order chi connectivity index (χ0) is 22.3. The molecule has 0 radical (unpaired) electrons. The van der Waals surface area contributed by atoms with Gasteiger partial charge in [0.05, 0.1) is 5.41 Å². The summed E-state index contributed by atoms with van der Waals surface area (Å²) in [5, 5.41) is 0. The van der Waals surface area contributed by atoms with Gasteiger partial charge in [0.1, 0.15) is 23.9 Å². The minimum absolute atomic E-state index is 0.176. The number of para-hydroxylation sites is 1. The maximum absolute atomic E-state index is 12.8. The maximum atomic E-state index is 12.8. The summed E-state index contributed by atoms with van der Waals surface area (Å²) in [6, 6.07) is 18.8. The molecule has 1 aliphatic rings. The van der Waals surface area contributed by atoms with Crippen LogP contribution in [0.2, 0.25) is 0 Å². The first-order valence-electron chi connectivity index (χ1n) is 8.78. The highest BCUT2D eigenvalue weighted by Gasteiger charge is 2.43. The normalized spacial score (nSPS) is 15.0. The summed E-state index contributed by atoms with van der Waals surface area (Å²) in [6.45, 7) is 0.176. The number of ether oxygens (including phenoxy) is 1. The minimum atomic E-state index is -5.16. The predicted molar refractivity (Wildman–Crippen MR) is 106 cm³/mol. The Morgan fingerprint density at radius 2 is 1.16 bits per heavy atom. The van der Waals surface area contributed by atoms with Gasteiger partial charge < -0.3 is 13.1 Å². The van der Waals surface area contributed by atoms with Crippen molar-refractivity contribution in [3.05, 3.63) is 89.5 Å². The molecule has 0 aliphatic carbocycles. The van der Waals surface area contributed by atoms with E-state index >= 15 is 0 Å². The molecule has 0 amide bonds. The SMILES string of the molecule is O=S(=O)(F)Oc1ccc(C2(c3ccc(OS(=O)(=O)F)cc3)COc3ccccc32)cc1. The topological polar surface area (TPSA) is 96.0 Å². The van der Waals surface area contributed by atoms with E-state index in [9.17, 15) is 24.6 Å². The molecule has 0 unspecified atom stereocenters. The molecule has 31 heavy (non-hydrogen) atoms. The molecule has 0 spiro atoms. The van der Waals surface area contributed by atoms with Gasteiger partial charge in [-0.3, -0.25) is 0 Å². The third-order valence-electron chi connectivity index (χ3n) is 4.88. The minimum Gasteiger partial charge on any atom is -0.492 e. The van der Waals surface area contributed by atoms with Crippen molar-refractivity contribution >= 4 is 21.0 Å². The summed E-state index contributed by atoms with van der Waals surface area (Å²) >= 11 is 0. The lowest BCUT2D eigenvalue weighted by Crippen LogP contribution is -2.31. The van der Waals surface area contributed by atoms with Crippen LogP contribution in [0.5, 0.6) is 17.2 Å². The van der Waals surface area contributed by atoms with Gasteiger partial charge >= 0.3 is 21.0 Å². The fourth-order valence-corrected chi connectivity index (χ4v) is 4.36. The average Bonchev–Trinajstić information content (AvgIpc) is 3.07. The van der Waals surface area contributed by atoms with E-state index in [-0.39, 0.29) is 18.1 Å². The van der Waals surface area contributed by atoms with Gasteiger partial charge in [-0.25, -0.2) is 0 Å². The summed E-state index contributed by atoms with van der Waals surface area (Å²) in [7, 11) is -10.3. The molecule has 0 saturated heterocycles. The van der Waals surface area contributed by atoms with Crippen molar-refractivity contribution in [3.63, 3.8) is 0 Å². The van der Waals surface area contributed by atoms with Gasteiger partial charge in [-0.2, -0.15) is 16.8 Å². The zero-order valence-corrected chi connectivity index (χ0v) is 17.2. The molecule has 0 bridgehead atoms. The summed E-state index contributed by atoms with van der Waals surface area (Å²) < 4.78 is 82.9. The Morgan fingerprint density at radius 1 is 0.710 bits per heavy atom. The molecule has 1 aliphatic heterocycles. The van der Waals surface area contributed by atoms with E-state index in [1.54, 1.807) is 36.4 Å². The molecule has 11 heteroatoms. The van der Waals surface area contributed by atoms with Gasteiger partial charge in [0.25, 0.3) is 0 Å². The van der Waals surface area contributed by atoms with Crippen LogP contribution < -0.4 is 13.1 Å². The van der Waals surface area contributed by atoms with E-state index in [2.05, 4.69) is 8.37 Å². The van der Waals surface area contributed by atoms with Crippen LogP contribution in [0.4, 0.5) is 7.77 Å². The smallest absolute Gasteiger partial charge is 0.488 e. The van der Waals surface area contributed by atoms with E-state index in [4.69, 9.17) is 4.74 Å². The largest absolute Gasteiger partial charge is 0.492 e. The molecule has 3 aromatic rings. The molecule has 4 rings (SSSR count). The second kappa shape index (κ2) is 7.50. The van der Waals surface area contributed by atoms with E-state index < -0.39 is 26.4 Å². The summed E-state index contributed by atoms with van der Waals surface area (Å²) in [6.07, 6.45) is 0. The molecule has 0 N–H and O–H groups in total. The quantitative estimate of drug-likeness (QED) is 0.510. The lowest BCUT2D eigenvalue weighted by atomic mass is 9.71. The lowest BCUT2D eigenvalue weighted by Gasteiger charge is -2.29. The van der Waals surface area contributed by atoms with Crippen LogP contribution in [-0.4, -0.2) is 23.4 Å². The highest BCUT2D eigenvalue weighted by molar-refractivity contribution is 7.82. The molecule has 162 valence electrons. The Morgan fingerprint density at radius 3 is 1.61 bits per heavy atom. The van der Waals surface area contributed by atoms with Crippen molar-refractivity contribution < 1.29 is 37.7 Å². The Kier molecular flexibility index (Phi) is 5.10. The van der Waals surface area contributed by atoms with Crippen LogP contribution in [0.3, 0.4) is 0 Å². The predicted octanol–water partition coefficient (Wildman–Crippen LogP) is 3.60. The summed E-state index contributed by atoms with van der Waals surface area (Å²) in [5.74, 6) is 0.219. The first kappa shape index (κ1) is 21.1. The number of hydrogen-bond donors (Lipinski definition) is 0. The van der Waals surface area contributed by atoms with Crippen molar-refractivity contribution in [1.29, 1.82) is 0 Å². The van der Waals surface area contributed by atoms with E-state index in [1.807, 2.05) is 12.1 Å². The number of benzene rings is 3. The van der Waals surface area contributed by atoms with Crippen LogP contribution in [0, 0.1) is 0 Å². The fourth-order valence-electron chi connectivity index (χ4n) is 3.67. The Labute approximate surface area is 177 Å². The molecule has 3 aromatic carbocycles. The van der Waals surface area contributed by atoms with Gasteiger partial charge in [-0.15, -0.1) is 0 Å². The van der Waals surface area contributed by atoms with E-state index in [1.165, 1.54) is 24.3 Å². The molecule has 1 heterocycles. The first-order valence-corrected chi connectivity index (χ1v) is 11.4. The highest BCUT2D eigenvalue weighted by Crippen LogP contribution is 2.48. The Bertz CT molecular complexity index is 1240. The van der Waals surface area contributed by atoms with Gasteiger partial charge in [0.2, 0.25) is 0 Å². The van der Waals surface area contributed by atoms with Gasteiger partial charge in [0.15, 0.2) is 0 Å². The number of halogens is 2. The monoisotopic (exact) mass is 468 g/mol. The summed E-state index contributed by atoms with van der Waals surface area (Å²) in [4.78, 5) is 0. The second-order valence-corrected chi connectivity index (χ2v) is 8.60. The standard InChI is InChI=1S/C20H14F2O7S2/c21-30(23,24)28-16-9-5-14(6-10-16)20(13-27-19-4-2-1-3-18(19)20)15-7-11-17(12-8-15)29-31(22,25)26/h1-12H,13H2. The number of fused-ring (bicyclic) bond motifs is 1. The van der Waals surface area contributed by atoms with Crippen LogP contribution in [0.15, 0.2) is 72.8 Å². The van der Waals surface area contributed by atoms with E-state index in [0.29, 0.717) is 16.9 Å². The average molecular weight is 468 g/mol. The first-order chi connectivity index (χ1) is 14.6. The van der Waals surface area contributed by atoms with Gasteiger partial charge in [0, 0.05) is 5.56 Å². The van der Waals surface area contributed by atoms with Crippen LogP contribution >= 0.6 is 0 Å². The molecular formula is C20H14F2O7S2. The van der Waals surface area contributed by atoms with Crippen LogP contribution in [0.1, 0.15) is 16.7 Å². The van der Waals surface area contributed by atoms with Crippen LogP contribution in [0.25, 0.3) is 0 Å². The lowest BCUT2D eigenvalue weighted by molar-refractivity contribution is 0.313. The molecule has 0 aromatic heterocycles. The van der Waals surface area contributed by atoms with Crippen LogP contribution in [-0.2, 0) is 26.4 Å². The molecule has 0 fully saturated rings. The molecule has 7 nitrogen and oxygen atoms in total. The number of hydrogen-bond acceptors (Lipinski definition) is 7. The molecule has 0 atom stereocenters. The Balaban J connectivity index is 1.81. The zero-order valence-electron chi connectivity index (χ0n) is 15.6. The maximum Gasteiger partial charge on any atom is 0.488 e. The van der Waals surface area contributed by atoms with Crippen molar-refractivity contribution in [3.8, 4) is 17.2 Å². The molecule has 0 saturated carbocycles. The molecular weight excluding hydrogens is 454 g/mol. The fraction of sp³-hybridized carbons (Fsp3) is 0.100. The highest BCUT2D eigenvalue weighted by atomic mass is 32.3. The van der Waals surface area contributed by atoms with E-state index in [0.717, 1.165) is 5.56 Å². The third-order valence-corrected chi connectivity index (χ3v) is 5.66. The van der Waals surface area contributed by atoms with Gasteiger partial charge in [-0.05, 0) is 41.5 Å². The third kappa shape index (κ3) is 4.32. The van der Waals surface area contributed by atoms with Gasteiger partial charge in [-0.1, -0.05) is 50.2 Å². The van der Waals surface area contributed by atoms with Crippen molar-refractivity contribution in [1.82, 2.24) is 0 Å². The van der Waals surface area contributed by atoms with Crippen molar-refractivity contribution in [2.75, 3.05) is 6.61 Å². The van der Waals surface area contributed by atoms with Crippen molar-refractivity contribution in [2.24, 2.45) is 0 Å². The van der Waals surface area contributed by atoms with Crippen molar-refractivity contribution in [2.45, 2.75) is 5.41 Å². The second-order valence-electron chi connectivity index (χ2n) is 6.69. The summed E-state index contributed by atoms with van der Waals surface area (Å²) in [5.41, 5.74) is 1.28.